The van der Waals surface area contributed by atoms with E-state index in [0.717, 1.165) is 43.7 Å². The second-order valence-electron chi connectivity index (χ2n) is 12.2. The lowest BCUT2D eigenvalue weighted by Crippen LogP contribution is -2.66. The van der Waals surface area contributed by atoms with Crippen molar-refractivity contribution >= 4 is 23.5 Å². The largest absolute Gasteiger partial charge is 0.461 e. The van der Waals surface area contributed by atoms with E-state index in [-0.39, 0.29) is 53.4 Å². The fraction of sp³-hybridized carbons (Fsp3) is 0.485. The maximum absolute atomic E-state index is 13.6. The fourth-order valence-corrected chi connectivity index (χ4v) is 7.63. The van der Waals surface area contributed by atoms with Gasteiger partial charge in [0.1, 0.15) is 6.61 Å². The summed E-state index contributed by atoms with van der Waals surface area (Å²) in [5.74, 6) is -1.48. The second kappa shape index (κ2) is 10.6. The Kier molecular flexibility index (Phi) is 7.13. The van der Waals surface area contributed by atoms with E-state index in [1.807, 2.05) is 6.07 Å². The Balaban J connectivity index is 1.29. The summed E-state index contributed by atoms with van der Waals surface area (Å²) in [7, 11) is 0. The number of piperidine rings is 1. The topological polar surface area (TPSA) is 76.2 Å². The van der Waals surface area contributed by atoms with Crippen LogP contribution in [0.2, 0.25) is 0 Å². The third-order valence-corrected chi connectivity index (χ3v) is 9.61. The highest BCUT2D eigenvalue weighted by Crippen LogP contribution is 2.56. The van der Waals surface area contributed by atoms with Crippen LogP contribution < -0.4 is 4.90 Å². The van der Waals surface area contributed by atoms with Crippen LogP contribution in [0.1, 0.15) is 67.9 Å². The predicted octanol–water partition coefficient (Wildman–Crippen LogP) is 5.32. The minimum absolute atomic E-state index is 0.0198. The zero-order valence-electron chi connectivity index (χ0n) is 23.4. The summed E-state index contributed by atoms with van der Waals surface area (Å²) >= 11 is 0. The molecule has 1 unspecified atom stereocenters. The Labute approximate surface area is 236 Å². The van der Waals surface area contributed by atoms with E-state index in [2.05, 4.69) is 48.2 Å². The smallest absolute Gasteiger partial charge is 0.340 e. The average molecular weight is 543 g/mol. The SMILES string of the molecule is CC1CC(=O)N(c2ccccc2C(=O)OC[C@@]23CCC[C@]4(CC=CCO[C@H]42)CN([C@@H](C)c2ccccc2)C3)C1=O. The summed E-state index contributed by atoms with van der Waals surface area (Å²) < 4.78 is 12.7. The van der Waals surface area contributed by atoms with Crippen molar-refractivity contribution in [2.24, 2.45) is 16.7 Å². The summed E-state index contributed by atoms with van der Waals surface area (Å²) in [5.41, 5.74) is 1.42. The molecule has 6 rings (SSSR count). The van der Waals surface area contributed by atoms with Crippen LogP contribution >= 0.6 is 0 Å². The summed E-state index contributed by atoms with van der Waals surface area (Å²) in [6, 6.07) is 17.6. The Bertz CT molecular complexity index is 1330. The number of imide groups is 1. The molecule has 1 aliphatic carbocycles. The van der Waals surface area contributed by atoms with Crippen LogP contribution in [0.3, 0.4) is 0 Å². The highest BCUT2D eigenvalue weighted by Gasteiger charge is 2.60. The predicted molar refractivity (Wildman–Crippen MR) is 152 cm³/mol. The van der Waals surface area contributed by atoms with Crippen molar-refractivity contribution in [2.45, 2.75) is 58.1 Å². The second-order valence-corrected chi connectivity index (χ2v) is 12.2. The maximum Gasteiger partial charge on any atom is 0.340 e. The van der Waals surface area contributed by atoms with E-state index in [1.54, 1.807) is 31.2 Å². The van der Waals surface area contributed by atoms with Crippen LogP contribution in [0.4, 0.5) is 5.69 Å². The first-order chi connectivity index (χ1) is 19.3. The minimum atomic E-state index is -0.513. The number of allylic oxidation sites excluding steroid dienone is 1. The fourth-order valence-electron chi connectivity index (χ4n) is 7.63. The molecule has 0 radical (unpaired) electrons. The summed E-state index contributed by atoms with van der Waals surface area (Å²) in [6.45, 7) is 6.50. The number of amides is 2. The van der Waals surface area contributed by atoms with Gasteiger partial charge in [0.15, 0.2) is 0 Å². The molecule has 2 bridgehead atoms. The molecule has 210 valence electrons. The van der Waals surface area contributed by atoms with Gasteiger partial charge in [-0.25, -0.2) is 9.69 Å². The van der Waals surface area contributed by atoms with Crippen LogP contribution in [-0.4, -0.2) is 55.1 Å². The van der Waals surface area contributed by atoms with Crippen molar-refractivity contribution in [1.82, 2.24) is 4.90 Å². The number of esters is 1. The molecule has 2 aromatic rings. The van der Waals surface area contributed by atoms with Crippen molar-refractivity contribution in [3.05, 3.63) is 77.9 Å². The first-order valence-corrected chi connectivity index (χ1v) is 14.5. The number of nitrogens with zero attached hydrogens (tertiary/aromatic N) is 2. The summed E-state index contributed by atoms with van der Waals surface area (Å²) in [6.07, 6.45) is 8.51. The lowest BCUT2D eigenvalue weighted by Gasteiger charge is -2.61. The van der Waals surface area contributed by atoms with Gasteiger partial charge in [0, 0.05) is 42.3 Å². The molecule has 7 heteroatoms. The Morgan fingerprint density at radius 1 is 1.05 bits per heavy atom. The van der Waals surface area contributed by atoms with Crippen molar-refractivity contribution in [3.8, 4) is 0 Å². The monoisotopic (exact) mass is 542 g/mol. The lowest BCUT2D eigenvalue weighted by molar-refractivity contribution is -0.203. The zero-order valence-corrected chi connectivity index (χ0v) is 23.4. The maximum atomic E-state index is 13.6. The average Bonchev–Trinajstić information content (AvgIpc) is 3.10. The number of hydrogen-bond acceptors (Lipinski definition) is 6. The van der Waals surface area contributed by atoms with E-state index >= 15 is 0 Å². The van der Waals surface area contributed by atoms with Crippen LogP contribution in [0.15, 0.2) is 66.7 Å². The van der Waals surface area contributed by atoms with Gasteiger partial charge >= 0.3 is 5.97 Å². The molecule has 2 aromatic carbocycles. The quantitative estimate of drug-likeness (QED) is 0.279. The van der Waals surface area contributed by atoms with Gasteiger partial charge in [-0.1, -0.05) is 68.0 Å². The molecule has 3 heterocycles. The Hall–Kier alpha value is -3.29. The van der Waals surface area contributed by atoms with Gasteiger partial charge in [-0.15, -0.1) is 0 Å². The normalized spacial score (nSPS) is 31.0. The third kappa shape index (κ3) is 4.59. The number of benzene rings is 2. The van der Waals surface area contributed by atoms with Gasteiger partial charge in [0.25, 0.3) is 0 Å². The molecule has 4 aliphatic rings. The molecule has 40 heavy (non-hydrogen) atoms. The molecular weight excluding hydrogens is 504 g/mol. The van der Waals surface area contributed by atoms with Crippen LogP contribution in [0, 0.1) is 16.7 Å². The number of para-hydroxylation sites is 1. The van der Waals surface area contributed by atoms with Gasteiger partial charge in [-0.05, 0) is 43.9 Å². The Morgan fingerprint density at radius 2 is 1.82 bits per heavy atom. The van der Waals surface area contributed by atoms with E-state index in [4.69, 9.17) is 9.47 Å². The van der Waals surface area contributed by atoms with E-state index in [1.165, 1.54) is 5.56 Å². The first-order valence-electron chi connectivity index (χ1n) is 14.5. The van der Waals surface area contributed by atoms with E-state index in [0.29, 0.717) is 12.3 Å². The molecule has 2 saturated heterocycles. The highest BCUT2D eigenvalue weighted by atomic mass is 16.5. The molecule has 0 spiro atoms. The van der Waals surface area contributed by atoms with Crippen molar-refractivity contribution in [1.29, 1.82) is 0 Å². The number of hydrogen-bond donors (Lipinski definition) is 0. The molecular formula is C33H38N2O5. The summed E-state index contributed by atoms with van der Waals surface area (Å²) in [5, 5.41) is 0. The van der Waals surface area contributed by atoms with Gasteiger partial charge < -0.3 is 9.47 Å². The van der Waals surface area contributed by atoms with Gasteiger partial charge in [-0.2, -0.15) is 0 Å². The first kappa shape index (κ1) is 26.9. The van der Waals surface area contributed by atoms with Crippen molar-refractivity contribution in [2.75, 3.05) is 31.2 Å². The van der Waals surface area contributed by atoms with E-state index < -0.39 is 11.9 Å². The van der Waals surface area contributed by atoms with Crippen molar-refractivity contribution in [3.63, 3.8) is 0 Å². The van der Waals surface area contributed by atoms with Crippen LogP contribution in [-0.2, 0) is 19.1 Å². The lowest BCUT2D eigenvalue weighted by atomic mass is 9.55. The molecule has 0 aromatic heterocycles. The van der Waals surface area contributed by atoms with Gasteiger partial charge in [-0.3, -0.25) is 14.5 Å². The highest BCUT2D eigenvalue weighted by molar-refractivity contribution is 6.22. The third-order valence-electron chi connectivity index (χ3n) is 9.61. The molecule has 7 nitrogen and oxygen atoms in total. The number of likely N-dealkylation sites (tertiary alicyclic amines) is 1. The minimum Gasteiger partial charge on any atom is -0.461 e. The standard InChI is InChI=1S/C33H38N2O5/c1-23-19-28(36)35(29(23)37)27-14-7-6-13-26(27)30(38)40-22-33-17-10-16-32(15-8-9-18-39-31(32)33)20-34(21-33)24(2)25-11-4-3-5-12-25/h3-9,11-14,23-24,31H,10,15-22H2,1-2H3/t23?,24-,31+,32+,33-/m0/s1. The molecule has 5 atom stereocenters. The summed E-state index contributed by atoms with van der Waals surface area (Å²) in [4.78, 5) is 42.8. The number of carbonyl (C=O) groups is 3. The number of carbonyl (C=O) groups excluding carboxylic acids is 3. The molecule has 0 N–H and O–H groups in total. The number of anilines is 1. The van der Waals surface area contributed by atoms with E-state index in [9.17, 15) is 14.4 Å². The molecule has 3 aliphatic heterocycles. The molecule has 3 fully saturated rings. The van der Waals surface area contributed by atoms with Crippen LogP contribution in [0.5, 0.6) is 0 Å². The number of rotatable bonds is 6. The number of ether oxygens (including phenoxy) is 2. The van der Waals surface area contributed by atoms with Crippen LogP contribution in [0.25, 0.3) is 0 Å². The zero-order chi connectivity index (χ0) is 27.9. The molecule has 1 saturated carbocycles. The van der Waals surface area contributed by atoms with Crippen molar-refractivity contribution < 1.29 is 23.9 Å². The Morgan fingerprint density at radius 3 is 2.60 bits per heavy atom. The van der Waals surface area contributed by atoms with Gasteiger partial charge in [0.2, 0.25) is 11.8 Å². The molecule has 2 amide bonds. The van der Waals surface area contributed by atoms with Gasteiger partial charge in [0.05, 0.1) is 24.0 Å².